The van der Waals surface area contributed by atoms with Crippen molar-refractivity contribution in [1.82, 2.24) is 10.7 Å². The number of nitrogens with one attached hydrogen (secondary N) is 2. The van der Waals surface area contributed by atoms with E-state index in [1.807, 2.05) is 12.1 Å². The monoisotopic (exact) mass is 399 g/mol. The van der Waals surface area contributed by atoms with Gasteiger partial charge in [0.1, 0.15) is 0 Å². The van der Waals surface area contributed by atoms with Gasteiger partial charge in [-0.05, 0) is 53.1 Å². The molecule has 0 saturated heterocycles. The first-order chi connectivity index (χ1) is 11.2. The molecule has 2 rings (SSSR count). The number of methoxy groups -OCH3 is 2. The van der Waals surface area contributed by atoms with E-state index >= 15 is 0 Å². The van der Waals surface area contributed by atoms with Gasteiger partial charge in [-0.2, -0.15) is 5.10 Å². The minimum atomic E-state index is 0.465. The Bertz CT molecular complexity index is 575. The predicted molar refractivity (Wildman–Crippen MR) is 101 cm³/mol. The Morgan fingerprint density at radius 3 is 2.65 bits per heavy atom. The lowest BCUT2D eigenvalue weighted by Crippen LogP contribution is -2.40. The molecule has 0 spiro atoms. The van der Waals surface area contributed by atoms with Crippen LogP contribution in [-0.2, 0) is 0 Å². The minimum absolute atomic E-state index is 0.465. The lowest BCUT2D eigenvalue weighted by Gasteiger charge is -2.23. The molecule has 0 radical (unpaired) electrons. The van der Waals surface area contributed by atoms with Crippen molar-refractivity contribution in [2.75, 3.05) is 14.2 Å². The molecule has 0 bridgehead atoms. The summed E-state index contributed by atoms with van der Waals surface area (Å²) >= 11 is 8.79. The summed E-state index contributed by atoms with van der Waals surface area (Å²) in [6, 6.07) is 4.20. The molecule has 1 fully saturated rings. The highest BCUT2D eigenvalue weighted by atomic mass is 79.9. The van der Waals surface area contributed by atoms with Gasteiger partial charge in [-0.15, -0.1) is 0 Å². The van der Waals surface area contributed by atoms with Crippen LogP contribution in [0.15, 0.2) is 21.7 Å². The highest BCUT2D eigenvalue weighted by Gasteiger charge is 2.14. The summed E-state index contributed by atoms with van der Waals surface area (Å²) in [5, 5.41) is 8.06. The van der Waals surface area contributed by atoms with E-state index in [0.29, 0.717) is 22.7 Å². The van der Waals surface area contributed by atoms with Crippen molar-refractivity contribution < 1.29 is 9.47 Å². The second-order valence-electron chi connectivity index (χ2n) is 5.38. The number of thiocarbonyl (C=S) groups is 1. The summed E-state index contributed by atoms with van der Waals surface area (Å²) < 4.78 is 11.4. The summed E-state index contributed by atoms with van der Waals surface area (Å²) in [4.78, 5) is 0. The Kier molecular flexibility index (Phi) is 7.11. The van der Waals surface area contributed by atoms with Gasteiger partial charge >= 0.3 is 0 Å². The van der Waals surface area contributed by atoms with Crippen LogP contribution >= 0.6 is 28.1 Å². The standard InChI is InChI=1S/C16H22BrN3O2S/c1-21-13-9-8-11(14(17)15(13)22-2)10-18-20-16(23)19-12-6-4-3-5-7-12/h8-10,12H,3-7H2,1-2H3,(H2,19,20,23)/b18-10-. The van der Waals surface area contributed by atoms with E-state index in [1.165, 1.54) is 32.1 Å². The second-order valence-corrected chi connectivity index (χ2v) is 6.58. The molecule has 1 aromatic rings. The Morgan fingerprint density at radius 2 is 2.00 bits per heavy atom. The zero-order chi connectivity index (χ0) is 16.7. The quantitative estimate of drug-likeness (QED) is 0.450. The number of hydrogen-bond donors (Lipinski definition) is 2. The van der Waals surface area contributed by atoms with E-state index in [-0.39, 0.29) is 0 Å². The zero-order valence-corrected chi connectivity index (χ0v) is 15.8. The van der Waals surface area contributed by atoms with Crippen LogP contribution in [0.5, 0.6) is 11.5 Å². The van der Waals surface area contributed by atoms with Crippen LogP contribution in [0.4, 0.5) is 0 Å². The van der Waals surface area contributed by atoms with Crippen molar-refractivity contribution in [2.45, 2.75) is 38.1 Å². The van der Waals surface area contributed by atoms with Crippen molar-refractivity contribution in [3.05, 3.63) is 22.2 Å². The first kappa shape index (κ1) is 18.0. The molecule has 0 atom stereocenters. The molecule has 0 aliphatic heterocycles. The molecule has 0 unspecified atom stereocenters. The molecule has 1 aliphatic rings. The summed E-state index contributed by atoms with van der Waals surface area (Å²) in [7, 11) is 3.21. The molecular formula is C16H22BrN3O2S. The molecule has 0 amide bonds. The number of benzene rings is 1. The molecule has 5 nitrogen and oxygen atoms in total. The van der Waals surface area contributed by atoms with Gasteiger partial charge in [0.05, 0.1) is 24.9 Å². The lowest BCUT2D eigenvalue weighted by molar-refractivity contribution is 0.353. The molecule has 23 heavy (non-hydrogen) atoms. The van der Waals surface area contributed by atoms with Gasteiger partial charge in [-0.1, -0.05) is 19.3 Å². The van der Waals surface area contributed by atoms with Crippen molar-refractivity contribution >= 4 is 39.5 Å². The first-order valence-corrected chi connectivity index (χ1v) is 8.86. The van der Waals surface area contributed by atoms with Crippen molar-refractivity contribution in [1.29, 1.82) is 0 Å². The van der Waals surface area contributed by atoms with Crippen LogP contribution in [0.25, 0.3) is 0 Å². The number of ether oxygens (including phenoxy) is 2. The smallest absolute Gasteiger partial charge is 0.187 e. The highest BCUT2D eigenvalue weighted by molar-refractivity contribution is 9.10. The molecule has 1 aliphatic carbocycles. The maximum absolute atomic E-state index is 5.34. The van der Waals surface area contributed by atoms with Gasteiger partial charge < -0.3 is 14.8 Å². The normalized spacial score (nSPS) is 15.4. The number of rotatable bonds is 5. The molecular weight excluding hydrogens is 378 g/mol. The first-order valence-electron chi connectivity index (χ1n) is 7.65. The Balaban J connectivity index is 1.93. The van der Waals surface area contributed by atoms with E-state index in [2.05, 4.69) is 31.8 Å². The van der Waals surface area contributed by atoms with Crippen molar-refractivity contribution in [3.8, 4) is 11.5 Å². The fourth-order valence-electron chi connectivity index (χ4n) is 2.63. The zero-order valence-electron chi connectivity index (χ0n) is 13.4. The maximum atomic E-state index is 5.34. The van der Waals surface area contributed by atoms with Crippen LogP contribution in [-0.4, -0.2) is 31.6 Å². The van der Waals surface area contributed by atoms with Crippen LogP contribution in [0.3, 0.4) is 0 Å². The molecule has 0 aromatic heterocycles. The van der Waals surface area contributed by atoms with E-state index in [9.17, 15) is 0 Å². The van der Waals surface area contributed by atoms with E-state index in [1.54, 1.807) is 20.4 Å². The maximum Gasteiger partial charge on any atom is 0.187 e. The van der Waals surface area contributed by atoms with Gasteiger partial charge in [-0.25, -0.2) is 0 Å². The molecule has 0 heterocycles. The van der Waals surface area contributed by atoms with E-state index in [0.717, 1.165) is 10.0 Å². The Labute approximate surface area is 150 Å². The molecule has 1 aromatic carbocycles. The largest absolute Gasteiger partial charge is 0.493 e. The third-order valence-corrected chi connectivity index (χ3v) is 4.85. The summed E-state index contributed by atoms with van der Waals surface area (Å²) in [5.74, 6) is 1.30. The van der Waals surface area contributed by atoms with Gasteiger partial charge in [0.25, 0.3) is 0 Å². The SMILES string of the molecule is COc1ccc(/C=N\NC(=S)NC2CCCCC2)c(Br)c1OC. The third-order valence-electron chi connectivity index (χ3n) is 3.83. The third kappa shape index (κ3) is 5.07. The Morgan fingerprint density at radius 1 is 1.26 bits per heavy atom. The summed E-state index contributed by atoms with van der Waals surface area (Å²) in [6.07, 6.45) is 7.90. The van der Waals surface area contributed by atoms with Crippen molar-refractivity contribution in [2.24, 2.45) is 5.10 Å². The summed E-state index contributed by atoms with van der Waals surface area (Å²) in [6.45, 7) is 0. The van der Waals surface area contributed by atoms with Crippen LogP contribution in [0, 0.1) is 0 Å². The fraction of sp³-hybridized carbons (Fsp3) is 0.500. The highest BCUT2D eigenvalue weighted by Crippen LogP contribution is 2.36. The second kappa shape index (κ2) is 9.08. The number of hydrazone groups is 1. The van der Waals surface area contributed by atoms with Gasteiger partial charge in [0.15, 0.2) is 16.6 Å². The van der Waals surface area contributed by atoms with Gasteiger partial charge in [0, 0.05) is 11.6 Å². The number of halogens is 1. The number of hydrogen-bond acceptors (Lipinski definition) is 4. The molecule has 126 valence electrons. The fourth-order valence-corrected chi connectivity index (χ4v) is 3.44. The predicted octanol–water partition coefficient (Wildman–Crippen LogP) is 3.60. The topological polar surface area (TPSA) is 54.9 Å². The summed E-state index contributed by atoms with van der Waals surface area (Å²) in [5.41, 5.74) is 3.74. The molecule has 2 N–H and O–H groups in total. The van der Waals surface area contributed by atoms with E-state index in [4.69, 9.17) is 21.7 Å². The lowest BCUT2D eigenvalue weighted by atomic mass is 9.96. The van der Waals surface area contributed by atoms with Crippen molar-refractivity contribution in [3.63, 3.8) is 0 Å². The molecule has 1 saturated carbocycles. The van der Waals surface area contributed by atoms with Gasteiger partial charge in [0.2, 0.25) is 0 Å². The van der Waals surface area contributed by atoms with Crippen LogP contribution in [0.2, 0.25) is 0 Å². The van der Waals surface area contributed by atoms with Crippen LogP contribution in [0.1, 0.15) is 37.7 Å². The average Bonchev–Trinajstić information content (AvgIpc) is 2.57. The van der Waals surface area contributed by atoms with Crippen LogP contribution < -0.4 is 20.2 Å². The number of nitrogens with zero attached hydrogens (tertiary/aromatic N) is 1. The minimum Gasteiger partial charge on any atom is -0.493 e. The Hall–Kier alpha value is -1.34. The molecule has 7 heteroatoms. The average molecular weight is 400 g/mol. The van der Waals surface area contributed by atoms with Gasteiger partial charge in [-0.3, -0.25) is 5.43 Å². The van der Waals surface area contributed by atoms with E-state index < -0.39 is 0 Å².